The maximum Gasteiger partial charge on any atom is 0.0348 e. The zero-order valence-corrected chi connectivity index (χ0v) is 15.2. The van der Waals surface area contributed by atoms with Crippen LogP contribution < -0.4 is 5.32 Å². The highest BCUT2D eigenvalue weighted by Crippen LogP contribution is 2.39. The van der Waals surface area contributed by atoms with Crippen LogP contribution in [0.1, 0.15) is 58.1 Å². The third-order valence-corrected chi connectivity index (χ3v) is 5.25. The van der Waals surface area contributed by atoms with Crippen molar-refractivity contribution in [1.29, 1.82) is 0 Å². The number of benzene rings is 1. The molecule has 0 aromatic heterocycles. The Morgan fingerprint density at radius 1 is 1.10 bits per heavy atom. The van der Waals surface area contributed by atoms with E-state index in [9.17, 15) is 0 Å². The Labute approximate surface area is 138 Å². The zero-order valence-electron chi connectivity index (χ0n) is 13.0. The zero-order chi connectivity index (χ0) is 14.5. The molecule has 0 bridgehead atoms. The molecular weight excluding hydrogens is 357 g/mol. The molecule has 0 aliphatic heterocycles. The fourth-order valence-electron chi connectivity index (χ4n) is 3.81. The molecule has 0 heterocycles. The normalized spacial score (nSPS) is 28.3. The summed E-state index contributed by atoms with van der Waals surface area (Å²) < 4.78 is 1.32. The summed E-state index contributed by atoms with van der Waals surface area (Å²) in [6.07, 6.45) is 5.36. The van der Waals surface area contributed by atoms with Crippen molar-refractivity contribution >= 4 is 22.6 Å². The van der Waals surface area contributed by atoms with Gasteiger partial charge in [-0.3, -0.25) is 0 Å². The van der Waals surface area contributed by atoms with Crippen LogP contribution in [-0.2, 0) is 0 Å². The van der Waals surface area contributed by atoms with E-state index < -0.39 is 0 Å². The van der Waals surface area contributed by atoms with E-state index in [2.05, 4.69) is 72.9 Å². The molecule has 1 N–H and O–H groups in total. The fraction of sp³-hybridized carbons (Fsp3) is 0.667. The van der Waals surface area contributed by atoms with Crippen molar-refractivity contribution in [2.75, 3.05) is 6.54 Å². The third-order valence-electron chi connectivity index (χ3n) is 4.53. The van der Waals surface area contributed by atoms with Gasteiger partial charge in [0, 0.05) is 9.61 Å². The van der Waals surface area contributed by atoms with Crippen LogP contribution in [0.5, 0.6) is 0 Å². The molecule has 112 valence electrons. The van der Waals surface area contributed by atoms with Gasteiger partial charge in [-0.2, -0.15) is 0 Å². The smallest absolute Gasteiger partial charge is 0.0348 e. The fourth-order valence-corrected chi connectivity index (χ4v) is 4.17. The second-order valence-electron chi connectivity index (χ2n) is 6.66. The van der Waals surface area contributed by atoms with E-state index in [0.29, 0.717) is 6.04 Å². The monoisotopic (exact) mass is 385 g/mol. The molecule has 0 saturated heterocycles. The van der Waals surface area contributed by atoms with Gasteiger partial charge in [0.05, 0.1) is 0 Å². The van der Waals surface area contributed by atoms with Gasteiger partial charge in [0.15, 0.2) is 0 Å². The number of halogens is 1. The number of rotatable bonds is 5. The molecule has 3 unspecified atom stereocenters. The lowest BCUT2D eigenvalue weighted by molar-refractivity contribution is 0.176. The van der Waals surface area contributed by atoms with Crippen molar-refractivity contribution < 1.29 is 0 Å². The summed E-state index contributed by atoms with van der Waals surface area (Å²) in [6, 6.07) is 9.66. The molecule has 20 heavy (non-hydrogen) atoms. The van der Waals surface area contributed by atoms with E-state index in [-0.39, 0.29) is 0 Å². The van der Waals surface area contributed by atoms with Gasteiger partial charge < -0.3 is 5.32 Å². The van der Waals surface area contributed by atoms with Crippen molar-refractivity contribution in [2.24, 2.45) is 17.8 Å². The van der Waals surface area contributed by atoms with Crippen LogP contribution in [0.3, 0.4) is 0 Å². The second-order valence-corrected chi connectivity index (χ2v) is 7.91. The van der Waals surface area contributed by atoms with Crippen molar-refractivity contribution in [2.45, 2.75) is 52.5 Å². The Hall–Kier alpha value is -0.0900. The first-order valence-corrected chi connectivity index (χ1v) is 9.16. The van der Waals surface area contributed by atoms with E-state index in [1.807, 2.05) is 0 Å². The minimum atomic E-state index is 0.539. The van der Waals surface area contributed by atoms with Gasteiger partial charge in [0.25, 0.3) is 0 Å². The highest BCUT2D eigenvalue weighted by atomic mass is 127. The summed E-state index contributed by atoms with van der Waals surface area (Å²) in [7, 11) is 0. The first-order valence-electron chi connectivity index (χ1n) is 8.09. The van der Waals surface area contributed by atoms with Crippen LogP contribution >= 0.6 is 22.6 Å². The lowest BCUT2D eigenvalue weighted by atomic mass is 9.72. The van der Waals surface area contributed by atoms with Crippen LogP contribution in [0.25, 0.3) is 0 Å². The Morgan fingerprint density at radius 2 is 1.70 bits per heavy atom. The minimum absolute atomic E-state index is 0.539. The summed E-state index contributed by atoms with van der Waals surface area (Å²) in [6.45, 7) is 8.22. The molecule has 2 heteroatoms. The van der Waals surface area contributed by atoms with E-state index in [4.69, 9.17) is 0 Å². The number of hydrogen-bond donors (Lipinski definition) is 1. The highest BCUT2D eigenvalue weighted by Gasteiger charge is 2.30. The Balaban J connectivity index is 2.15. The number of nitrogens with one attached hydrogen (secondary N) is 1. The lowest BCUT2D eigenvalue weighted by Gasteiger charge is -2.37. The van der Waals surface area contributed by atoms with Crippen molar-refractivity contribution in [3.05, 3.63) is 33.4 Å². The Morgan fingerprint density at radius 3 is 2.25 bits per heavy atom. The molecule has 2 rings (SSSR count). The molecule has 1 aliphatic carbocycles. The summed E-state index contributed by atoms with van der Waals surface area (Å²) in [4.78, 5) is 0. The van der Waals surface area contributed by atoms with Gasteiger partial charge in [0.1, 0.15) is 0 Å². The van der Waals surface area contributed by atoms with Crippen LogP contribution in [0.4, 0.5) is 0 Å². The topological polar surface area (TPSA) is 12.0 Å². The molecule has 3 atom stereocenters. The molecule has 0 radical (unpaired) electrons. The van der Waals surface area contributed by atoms with Gasteiger partial charge in [-0.1, -0.05) is 32.9 Å². The summed E-state index contributed by atoms with van der Waals surface area (Å²) >= 11 is 2.39. The molecule has 1 aliphatic rings. The first kappa shape index (κ1) is 16.3. The van der Waals surface area contributed by atoms with Crippen LogP contribution in [-0.4, -0.2) is 6.54 Å². The van der Waals surface area contributed by atoms with Crippen molar-refractivity contribution in [1.82, 2.24) is 5.32 Å². The standard InChI is InChI=1S/C18H28IN/c1-4-9-20-18(15-5-7-17(19)8-6-15)16-11-13(2)10-14(3)12-16/h5-8,13-14,16,18,20H,4,9-12H2,1-3H3. The van der Waals surface area contributed by atoms with E-state index in [1.54, 1.807) is 0 Å². The lowest BCUT2D eigenvalue weighted by Crippen LogP contribution is -2.33. The number of hydrogen-bond acceptors (Lipinski definition) is 1. The summed E-state index contributed by atoms with van der Waals surface area (Å²) in [5.74, 6) is 2.54. The van der Waals surface area contributed by atoms with Gasteiger partial charge >= 0.3 is 0 Å². The molecular formula is C18H28IN. The van der Waals surface area contributed by atoms with Crippen molar-refractivity contribution in [3.63, 3.8) is 0 Å². The van der Waals surface area contributed by atoms with E-state index >= 15 is 0 Å². The molecule has 1 aromatic carbocycles. The molecule has 0 spiro atoms. The molecule has 1 fully saturated rings. The summed E-state index contributed by atoms with van der Waals surface area (Å²) in [5, 5.41) is 3.81. The van der Waals surface area contributed by atoms with E-state index in [0.717, 1.165) is 24.3 Å². The minimum Gasteiger partial charge on any atom is -0.310 e. The summed E-state index contributed by atoms with van der Waals surface area (Å²) in [5.41, 5.74) is 1.48. The molecule has 1 nitrogen and oxygen atoms in total. The van der Waals surface area contributed by atoms with Crippen LogP contribution in [0.15, 0.2) is 24.3 Å². The molecule has 1 aromatic rings. The largest absolute Gasteiger partial charge is 0.310 e. The van der Waals surface area contributed by atoms with Crippen LogP contribution in [0, 0.1) is 21.3 Å². The van der Waals surface area contributed by atoms with E-state index in [1.165, 1.54) is 34.8 Å². The van der Waals surface area contributed by atoms with Gasteiger partial charge in [0.2, 0.25) is 0 Å². The maximum absolute atomic E-state index is 3.81. The molecule has 1 saturated carbocycles. The third kappa shape index (κ3) is 4.45. The predicted molar refractivity (Wildman–Crippen MR) is 95.9 cm³/mol. The van der Waals surface area contributed by atoms with Crippen molar-refractivity contribution in [3.8, 4) is 0 Å². The quantitative estimate of drug-likeness (QED) is 0.669. The first-order chi connectivity index (χ1) is 9.60. The average molecular weight is 385 g/mol. The predicted octanol–water partition coefficient (Wildman–Crippen LogP) is 5.40. The van der Waals surface area contributed by atoms with Gasteiger partial charge in [-0.05, 0) is 90.3 Å². The maximum atomic E-state index is 3.81. The Kier molecular flexibility index (Phi) is 6.34. The SMILES string of the molecule is CCCNC(c1ccc(I)cc1)C1CC(C)CC(C)C1. The van der Waals surface area contributed by atoms with Crippen LogP contribution in [0.2, 0.25) is 0 Å². The Bertz CT molecular complexity index is 390. The second kappa shape index (κ2) is 7.79. The average Bonchev–Trinajstić information content (AvgIpc) is 2.40. The molecule has 0 amide bonds. The van der Waals surface area contributed by atoms with Gasteiger partial charge in [-0.15, -0.1) is 0 Å². The highest BCUT2D eigenvalue weighted by molar-refractivity contribution is 14.1. The van der Waals surface area contributed by atoms with Gasteiger partial charge in [-0.25, -0.2) is 0 Å².